The second kappa shape index (κ2) is 7.63. The van der Waals surface area contributed by atoms with Gasteiger partial charge in [-0.05, 0) is 36.1 Å². The molecule has 0 saturated carbocycles. The fourth-order valence-corrected chi connectivity index (χ4v) is 1.44. The summed E-state index contributed by atoms with van der Waals surface area (Å²) in [6, 6.07) is 8.14. The van der Waals surface area contributed by atoms with Crippen LogP contribution in [-0.4, -0.2) is 6.21 Å². The van der Waals surface area contributed by atoms with Crippen molar-refractivity contribution in [1.82, 2.24) is 0 Å². The van der Waals surface area contributed by atoms with E-state index in [1.807, 2.05) is 39.0 Å². The minimum Gasteiger partial charge on any atom is -0.308 e. The van der Waals surface area contributed by atoms with Crippen molar-refractivity contribution in [3.05, 3.63) is 53.6 Å². The minimum atomic E-state index is 0.939. The zero-order chi connectivity index (χ0) is 12.6. The van der Waals surface area contributed by atoms with E-state index in [1.54, 1.807) is 0 Å². The molecule has 1 aromatic rings. The first-order chi connectivity index (χ1) is 7.70. The highest BCUT2D eigenvalue weighted by atomic mass is 14.3. The molecule has 1 nitrogen and oxygen atoms in total. The minimum absolute atomic E-state index is 0.939. The van der Waals surface area contributed by atoms with Gasteiger partial charge in [0, 0.05) is 6.21 Å². The highest BCUT2D eigenvalue weighted by molar-refractivity contribution is 5.92. The van der Waals surface area contributed by atoms with E-state index >= 15 is 0 Å². The average Bonchev–Trinajstić information content (AvgIpc) is 2.34. The van der Waals surface area contributed by atoms with E-state index in [0.29, 0.717) is 0 Å². The van der Waals surface area contributed by atoms with E-state index in [4.69, 9.17) is 5.41 Å². The van der Waals surface area contributed by atoms with Crippen molar-refractivity contribution in [2.45, 2.75) is 27.7 Å². The zero-order valence-corrected chi connectivity index (χ0v) is 10.7. The fraction of sp³-hybridized carbons (Fsp3) is 0.267. The van der Waals surface area contributed by atoms with Crippen LogP contribution in [0.2, 0.25) is 0 Å². The van der Waals surface area contributed by atoms with Gasteiger partial charge in [-0.3, -0.25) is 0 Å². The molecule has 0 saturated heterocycles. The van der Waals surface area contributed by atoms with Crippen LogP contribution in [0, 0.1) is 12.3 Å². The lowest BCUT2D eigenvalue weighted by molar-refractivity contribution is 1.41. The lowest BCUT2D eigenvalue weighted by Gasteiger charge is -2.08. The Bertz CT molecular complexity index is 386. The molecule has 0 bridgehead atoms. The Labute approximate surface area is 99.0 Å². The maximum Gasteiger partial charge on any atom is 0.0213 e. The monoisotopic (exact) mass is 215 g/mol. The Morgan fingerprint density at radius 2 is 1.81 bits per heavy atom. The van der Waals surface area contributed by atoms with E-state index in [2.05, 4.69) is 25.6 Å². The molecule has 0 aromatic heterocycles. The van der Waals surface area contributed by atoms with Gasteiger partial charge in [0.25, 0.3) is 0 Å². The topological polar surface area (TPSA) is 23.9 Å². The van der Waals surface area contributed by atoms with E-state index in [9.17, 15) is 0 Å². The van der Waals surface area contributed by atoms with Crippen molar-refractivity contribution in [3.8, 4) is 0 Å². The molecule has 0 amide bonds. The van der Waals surface area contributed by atoms with Gasteiger partial charge < -0.3 is 5.41 Å². The fourth-order valence-electron chi connectivity index (χ4n) is 1.44. The number of allylic oxidation sites excluding steroid dienone is 3. The number of hydrogen-bond donors (Lipinski definition) is 1. The van der Waals surface area contributed by atoms with Gasteiger partial charge in [-0.1, -0.05) is 50.8 Å². The SMILES string of the molecule is C=C/C(=C(/C)C=N)c1ccccc1C.CC. The van der Waals surface area contributed by atoms with Crippen molar-refractivity contribution in [2.75, 3.05) is 0 Å². The maximum atomic E-state index is 7.23. The maximum absolute atomic E-state index is 7.23. The third-order valence-electron chi connectivity index (χ3n) is 2.28. The lowest BCUT2D eigenvalue weighted by Crippen LogP contribution is -1.90. The first-order valence-electron chi connectivity index (χ1n) is 5.60. The van der Waals surface area contributed by atoms with Gasteiger partial charge in [0.05, 0.1) is 0 Å². The van der Waals surface area contributed by atoms with Gasteiger partial charge in [-0.15, -0.1) is 0 Å². The third-order valence-corrected chi connectivity index (χ3v) is 2.28. The van der Waals surface area contributed by atoms with E-state index < -0.39 is 0 Å². The Morgan fingerprint density at radius 3 is 2.25 bits per heavy atom. The summed E-state index contributed by atoms with van der Waals surface area (Å²) in [7, 11) is 0. The van der Waals surface area contributed by atoms with Gasteiger partial charge in [0.15, 0.2) is 0 Å². The molecule has 0 spiro atoms. The Morgan fingerprint density at radius 1 is 1.25 bits per heavy atom. The Balaban J connectivity index is 0.00000106. The molecule has 0 unspecified atom stereocenters. The van der Waals surface area contributed by atoms with Crippen LogP contribution in [-0.2, 0) is 0 Å². The molecule has 0 atom stereocenters. The standard InChI is InChI=1S/C13H15N.C2H6/c1-4-12(11(3)9-14)13-8-6-5-7-10(13)2;1-2/h4-9,14H,1H2,2-3H3;1-2H3/b12-11+,14-9?;. The summed E-state index contributed by atoms with van der Waals surface area (Å²) in [6.07, 6.45) is 3.17. The molecule has 86 valence electrons. The van der Waals surface area contributed by atoms with Gasteiger partial charge in [0.2, 0.25) is 0 Å². The molecule has 1 rings (SSSR count). The van der Waals surface area contributed by atoms with Gasteiger partial charge >= 0.3 is 0 Å². The molecule has 0 heterocycles. The molecule has 0 aliphatic rings. The van der Waals surface area contributed by atoms with Crippen molar-refractivity contribution in [2.24, 2.45) is 0 Å². The summed E-state index contributed by atoms with van der Waals surface area (Å²) in [6.45, 7) is 11.8. The highest BCUT2D eigenvalue weighted by Gasteiger charge is 2.02. The highest BCUT2D eigenvalue weighted by Crippen LogP contribution is 2.21. The molecule has 16 heavy (non-hydrogen) atoms. The summed E-state index contributed by atoms with van der Waals surface area (Å²) >= 11 is 0. The Kier molecular flexibility index (Phi) is 6.86. The van der Waals surface area contributed by atoms with E-state index in [0.717, 1.165) is 16.7 Å². The summed E-state index contributed by atoms with van der Waals surface area (Å²) in [5, 5.41) is 7.23. The summed E-state index contributed by atoms with van der Waals surface area (Å²) in [4.78, 5) is 0. The lowest BCUT2D eigenvalue weighted by atomic mass is 9.97. The predicted octanol–water partition coefficient (Wildman–Crippen LogP) is 4.63. The second-order valence-electron chi connectivity index (χ2n) is 3.26. The van der Waals surface area contributed by atoms with Crippen LogP contribution in [0.1, 0.15) is 31.9 Å². The van der Waals surface area contributed by atoms with Crippen LogP contribution < -0.4 is 0 Å². The molecular formula is C15H21N. The van der Waals surface area contributed by atoms with Crippen LogP contribution in [0.3, 0.4) is 0 Å². The van der Waals surface area contributed by atoms with Gasteiger partial charge in [-0.25, -0.2) is 0 Å². The van der Waals surface area contributed by atoms with Crippen molar-refractivity contribution >= 4 is 11.8 Å². The van der Waals surface area contributed by atoms with Gasteiger partial charge in [-0.2, -0.15) is 0 Å². The average molecular weight is 215 g/mol. The second-order valence-corrected chi connectivity index (χ2v) is 3.26. The molecule has 1 aromatic carbocycles. The Hall–Kier alpha value is -1.63. The molecule has 1 heteroatoms. The van der Waals surface area contributed by atoms with Crippen LogP contribution in [0.25, 0.3) is 5.57 Å². The molecular weight excluding hydrogens is 194 g/mol. The number of hydrogen-bond acceptors (Lipinski definition) is 1. The van der Waals surface area contributed by atoms with Crippen molar-refractivity contribution < 1.29 is 0 Å². The van der Waals surface area contributed by atoms with Crippen molar-refractivity contribution in [1.29, 1.82) is 5.41 Å². The van der Waals surface area contributed by atoms with E-state index in [1.165, 1.54) is 11.8 Å². The smallest absolute Gasteiger partial charge is 0.0213 e. The first-order valence-corrected chi connectivity index (χ1v) is 5.60. The van der Waals surface area contributed by atoms with Crippen LogP contribution in [0.15, 0.2) is 42.5 Å². The predicted molar refractivity (Wildman–Crippen MR) is 74.1 cm³/mol. The van der Waals surface area contributed by atoms with Crippen LogP contribution >= 0.6 is 0 Å². The first kappa shape index (κ1) is 14.4. The van der Waals surface area contributed by atoms with E-state index in [-0.39, 0.29) is 0 Å². The third kappa shape index (κ3) is 3.50. The summed E-state index contributed by atoms with van der Waals surface area (Å²) in [5.41, 5.74) is 4.35. The number of benzene rings is 1. The molecule has 0 aliphatic carbocycles. The largest absolute Gasteiger partial charge is 0.308 e. The number of nitrogens with one attached hydrogen (secondary N) is 1. The van der Waals surface area contributed by atoms with Crippen molar-refractivity contribution in [3.63, 3.8) is 0 Å². The normalized spacial score (nSPS) is 10.8. The number of aryl methyl sites for hydroxylation is 1. The molecule has 0 aliphatic heterocycles. The van der Waals surface area contributed by atoms with Gasteiger partial charge in [0.1, 0.15) is 0 Å². The molecule has 1 N–H and O–H groups in total. The quantitative estimate of drug-likeness (QED) is 0.561. The van der Waals surface area contributed by atoms with Crippen LogP contribution in [0.5, 0.6) is 0 Å². The zero-order valence-electron chi connectivity index (χ0n) is 10.7. The summed E-state index contributed by atoms with van der Waals surface area (Å²) < 4.78 is 0. The van der Waals surface area contributed by atoms with Crippen LogP contribution in [0.4, 0.5) is 0 Å². The molecule has 0 fully saturated rings. The number of rotatable bonds is 3. The molecule has 0 radical (unpaired) electrons. The summed E-state index contributed by atoms with van der Waals surface area (Å²) in [5.74, 6) is 0.